The molecule has 1 aromatic rings. The van der Waals surface area contributed by atoms with E-state index in [0.29, 0.717) is 0 Å². The van der Waals surface area contributed by atoms with Crippen molar-refractivity contribution in [3.05, 3.63) is 29.6 Å². The fraction of sp³-hybridized carbons (Fsp3) is 0.250. The highest BCUT2D eigenvalue weighted by atomic mass is 32.2. The molecule has 1 N–H and O–H groups in total. The highest BCUT2D eigenvalue weighted by Crippen LogP contribution is 2.10. The topological polar surface area (TPSA) is 84.3 Å². The Labute approximate surface area is 81.3 Å². The van der Waals surface area contributed by atoms with Crippen molar-refractivity contribution in [2.75, 3.05) is 6.26 Å². The lowest BCUT2D eigenvalue weighted by Crippen LogP contribution is -2.08. The van der Waals surface area contributed by atoms with Gasteiger partial charge in [-0.15, -0.1) is 0 Å². The monoisotopic (exact) mass is 215 g/mol. The molecule has 6 heteroatoms. The van der Waals surface area contributed by atoms with Crippen molar-refractivity contribution in [3.63, 3.8) is 0 Å². The fourth-order valence-corrected chi connectivity index (χ4v) is 1.84. The first-order valence-electron chi connectivity index (χ1n) is 3.74. The van der Waals surface area contributed by atoms with Crippen LogP contribution < -0.4 is 0 Å². The van der Waals surface area contributed by atoms with Crippen LogP contribution in [0.4, 0.5) is 0 Å². The maximum atomic E-state index is 11.0. The average Bonchev–Trinajstić information content (AvgIpc) is 2.01. The van der Waals surface area contributed by atoms with E-state index in [1.807, 2.05) is 0 Å². The molecule has 0 spiro atoms. The Morgan fingerprint density at radius 2 is 2.21 bits per heavy atom. The van der Waals surface area contributed by atoms with Crippen molar-refractivity contribution < 1.29 is 18.3 Å². The highest BCUT2D eigenvalue weighted by Gasteiger charge is 2.13. The van der Waals surface area contributed by atoms with E-state index in [1.165, 1.54) is 12.3 Å². The number of aromatic carboxylic acids is 1. The number of carbonyl (C=O) groups is 1. The van der Waals surface area contributed by atoms with Gasteiger partial charge in [0, 0.05) is 18.6 Å². The van der Waals surface area contributed by atoms with Crippen LogP contribution in [0.5, 0.6) is 0 Å². The van der Waals surface area contributed by atoms with Crippen LogP contribution in [0.2, 0.25) is 0 Å². The number of sulfone groups is 1. The van der Waals surface area contributed by atoms with Crippen LogP contribution in [-0.4, -0.2) is 30.7 Å². The maximum absolute atomic E-state index is 11.0. The SMILES string of the molecule is CS(=O)(=O)Cc1ccncc1C(=O)O. The number of aromatic nitrogens is 1. The van der Waals surface area contributed by atoms with Crippen LogP contribution >= 0.6 is 0 Å². The van der Waals surface area contributed by atoms with Gasteiger partial charge in [-0.1, -0.05) is 0 Å². The number of carboxylic acid groups (broad SMARTS) is 1. The van der Waals surface area contributed by atoms with Gasteiger partial charge >= 0.3 is 5.97 Å². The number of rotatable bonds is 3. The molecule has 0 saturated carbocycles. The van der Waals surface area contributed by atoms with E-state index in [2.05, 4.69) is 4.98 Å². The Hall–Kier alpha value is -1.43. The Kier molecular flexibility index (Phi) is 2.85. The number of carboxylic acids is 1. The summed E-state index contributed by atoms with van der Waals surface area (Å²) in [6, 6.07) is 1.39. The zero-order valence-corrected chi connectivity index (χ0v) is 8.28. The first-order valence-corrected chi connectivity index (χ1v) is 5.80. The van der Waals surface area contributed by atoms with Crippen LogP contribution in [0, 0.1) is 0 Å². The predicted octanol–water partition coefficient (Wildman–Crippen LogP) is 0.324. The minimum atomic E-state index is -3.22. The van der Waals surface area contributed by atoms with Crippen molar-refractivity contribution in [1.29, 1.82) is 0 Å². The first-order chi connectivity index (χ1) is 6.40. The van der Waals surface area contributed by atoms with Crippen LogP contribution in [0.15, 0.2) is 18.5 Å². The van der Waals surface area contributed by atoms with Crippen molar-refractivity contribution >= 4 is 15.8 Å². The molecule has 0 aliphatic heterocycles. The van der Waals surface area contributed by atoms with Crippen LogP contribution in [-0.2, 0) is 15.6 Å². The van der Waals surface area contributed by atoms with Gasteiger partial charge in [0.2, 0.25) is 0 Å². The van der Waals surface area contributed by atoms with E-state index >= 15 is 0 Å². The van der Waals surface area contributed by atoms with Gasteiger partial charge in [-0.05, 0) is 11.6 Å². The molecule has 76 valence electrons. The van der Waals surface area contributed by atoms with Gasteiger partial charge in [0.15, 0.2) is 9.84 Å². The summed E-state index contributed by atoms with van der Waals surface area (Å²) in [5, 5.41) is 8.73. The zero-order chi connectivity index (χ0) is 10.8. The molecule has 0 atom stereocenters. The quantitative estimate of drug-likeness (QED) is 0.785. The zero-order valence-electron chi connectivity index (χ0n) is 7.47. The van der Waals surface area contributed by atoms with Crippen molar-refractivity contribution in [2.45, 2.75) is 5.75 Å². The van der Waals surface area contributed by atoms with Crippen molar-refractivity contribution in [2.24, 2.45) is 0 Å². The summed E-state index contributed by atoms with van der Waals surface area (Å²) in [7, 11) is -3.22. The largest absolute Gasteiger partial charge is 0.478 e. The molecule has 0 saturated heterocycles. The summed E-state index contributed by atoms with van der Waals surface area (Å²) in [5.74, 6) is -1.45. The number of hydrogen-bond acceptors (Lipinski definition) is 4. The molecule has 14 heavy (non-hydrogen) atoms. The molecule has 1 rings (SSSR count). The third-order valence-corrected chi connectivity index (χ3v) is 2.39. The van der Waals surface area contributed by atoms with E-state index in [9.17, 15) is 13.2 Å². The molecular weight excluding hydrogens is 206 g/mol. The summed E-state index contributed by atoms with van der Waals surface area (Å²) in [6.45, 7) is 0. The first kappa shape index (κ1) is 10.6. The van der Waals surface area contributed by atoms with Crippen LogP contribution in [0.3, 0.4) is 0 Å². The minimum absolute atomic E-state index is 0.0714. The third-order valence-electron chi connectivity index (χ3n) is 1.56. The van der Waals surface area contributed by atoms with Gasteiger partial charge in [-0.3, -0.25) is 4.98 Å². The van der Waals surface area contributed by atoms with Crippen molar-refractivity contribution in [1.82, 2.24) is 4.98 Å². The van der Waals surface area contributed by atoms with Gasteiger partial charge in [0.25, 0.3) is 0 Å². The standard InChI is InChI=1S/C8H9NO4S/c1-14(12,13)5-6-2-3-9-4-7(6)8(10)11/h2-4H,5H2,1H3,(H,10,11). The minimum Gasteiger partial charge on any atom is -0.478 e. The molecule has 0 fully saturated rings. The summed E-state index contributed by atoms with van der Waals surface area (Å²) < 4.78 is 21.9. The second-order valence-electron chi connectivity index (χ2n) is 2.91. The predicted molar refractivity (Wildman–Crippen MR) is 49.7 cm³/mol. The van der Waals surface area contributed by atoms with E-state index in [0.717, 1.165) is 12.5 Å². The maximum Gasteiger partial charge on any atom is 0.337 e. The third kappa shape index (κ3) is 2.81. The molecular formula is C8H9NO4S. The number of pyridine rings is 1. The van der Waals surface area contributed by atoms with Crippen LogP contribution in [0.1, 0.15) is 15.9 Å². The van der Waals surface area contributed by atoms with E-state index in [4.69, 9.17) is 5.11 Å². The molecule has 1 heterocycles. The normalized spacial score (nSPS) is 11.2. The second kappa shape index (κ2) is 3.75. The van der Waals surface area contributed by atoms with Gasteiger partial charge < -0.3 is 5.11 Å². The summed E-state index contributed by atoms with van der Waals surface area (Å²) in [6.07, 6.45) is 3.56. The Morgan fingerprint density at radius 3 is 2.71 bits per heavy atom. The van der Waals surface area contributed by atoms with Gasteiger partial charge in [-0.2, -0.15) is 0 Å². The molecule has 0 aromatic carbocycles. The van der Waals surface area contributed by atoms with Gasteiger partial charge in [-0.25, -0.2) is 13.2 Å². The molecule has 0 bridgehead atoms. The van der Waals surface area contributed by atoms with E-state index in [1.54, 1.807) is 0 Å². The lowest BCUT2D eigenvalue weighted by atomic mass is 10.2. The Bertz CT molecular complexity index is 452. The molecule has 0 unspecified atom stereocenters. The van der Waals surface area contributed by atoms with Crippen LogP contribution in [0.25, 0.3) is 0 Å². The smallest absolute Gasteiger partial charge is 0.337 e. The lowest BCUT2D eigenvalue weighted by Gasteiger charge is -2.02. The molecule has 0 amide bonds. The molecule has 0 radical (unpaired) electrons. The number of nitrogens with zero attached hydrogens (tertiary/aromatic N) is 1. The fourth-order valence-electron chi connectivity index (χ4n) is 1.02. The van der Waals surface area contributed by atoms with Gasteiger partial charge in [0.05, 0.1) is 11.3 Å². The van der Waals surface area contributed by atoms with Gasteiger partial charge in [0.1, 0.15) is 0 Å². The molecule has 1 aromatic heterocycles. The average molecular weight is 215 g/mol. The van der Waals surface area contributed by atoms with E-state index < -0.39 is 15.8 Å². The summed E-state index contributed by atoms with van der Waals surface area (Å²) in [4.78, 5) is 14.3. The Balaban J connectivity index is 3.15. The summed E-state index contributed by atoms with van der Waals surface area (Å²) >= 11 is 0. The second-order valence-corrected chi connectivity index (χ2v) is 5.05. The number of hydrogen-bond donors (Lipinski definition) is 1. The molecule has 0 aliphatic carbocycles. The highest BCUT2D eigenvalue weighted by molar-refractivity contribution is 7.89. The summed E-state index contributed by atoms with van der Waals surface area (Å²) in [5.41, 5.74) is 0.188. The van der Waals surface area contributed by atoms with E-state index in [-0.39, 0.29) is 16.9 Å². The molecule has 5 nitrogen and oxygen atoms in total. The Morgan fingerprint density at radius 1 is 1.57 bits per heavy atom. The van der Waals surface area contributed by atoms with Crippen molar-refractivity contribution in [3.8, 4) is 0 Å². The molecule has 0 aliphatic rings. The lowest BCUT2D eigenvalue weighted by molar-refractivity contribution is 0.0695.